The van der Waals surface area contributed by atoms with Crippen molar-refractivity contribution in [3.63, 3.8) is 0 Å². The second-order valence-corrected chi connectivity index (χ2v) is 7.50. The zero-order chi connectivity index (χ0) is 20.1. The minimum Gasteiger partial charge on any atom is -0.489 e. The molecule has 0 N–H and O–H groups in total. The number of nitrogens with zero attached hydrogens (tertiary/aromatic N) is 2. The number of hydrogen-bond acceptors (Lipinski definition) is 4. The quantitative estimate of drug-likeness (QED) is 0.335. The maximum Gasteiger partial charge on any atom is 0.229 e. The first-order valence-electron chi connectivity index (χ1n) is 10.3. The second-order valence-electron chi connectivity index (χ2n) is 7.50. The first-order valence-corrected chi connectivity index (χ1v) is 10.3. The first-order chi connectivity index (χ1) is 14.2. The molecule has 1 atom stereocenters. The van der Waals surface area contributed by atoms with E-state index in [1.54, 1.807) is 0 Å². The molecule has 29 heavy (non-hydrogen) atoms. The van der Waals surface area contributed by atoms with Crippen molar-refractivity contribution in [2.45, 2.75) is 45.6 Å². The van der Waals surface area contributed by atoms with Crippen LogP contribution in [0.25, 0.3) is 22.2 Å². The molecule has 0 saturated carbocycles. The summed E-state index contributed by atoms with van der Waals surface area (Å²) in [7, 11) is 0. The average Bonchev–Trinajstić information content (AvgIpc) is 3.27. The molecule has 4 rings (SSSR count). The van der Waals surface area contributed by atoms with E-state index >= 15 is 0 Å². The van der Waals surface area contributed by atoms with Crippen molar-refractivity contribution in [1.29, 1.82) is 0 Å². The number of benzene rings is 3. The topological polar surface area (TPSA) is 48.2 Å². The summed E-state index contributed by atoms with van der Waals surface area (Å²) in [5.74, 6) is 2.52. The highest BCUT2D eigenvalue weighted by Crippen LogP contribution is 2.28. The maximum atomic E-state index is 5.94. The smallest absolute Gasteiger partial charge is 0.229 e. The van der Waals surface area contributed by atoms with Crippen molar-refractivity contribution in [1.82, 2.24) is 10.1 Å². The lowest BCUT2D eigenvalue weighted by atomic mass is 10.0. The molecule has 148 valence electrons. The largest absolute Gasteiger partial charge is 0.489 e. The van der Waals surface area contributed by atoms with E-state index in [1.165, 1.54) is 12.8 Å². The molecule has 1 unspecified atom stereocenters. The molecule has 3 aromatic carbocycles. The van der Waals surface area contributed by atoms with E-state index in [-0.39, 0.29) is 0 Å². The van der Waals surface area contributed by atoms with E-state index in [9.17, 15) is 0 Å². The van der Waals surface area contributed by atoms with Gasteiger partial charge < -0.3 is 9.26 Å². The molecule has 0 bridgehead atoms. The maximum absolute atomic E-state index is 5.94. The van der Waals surface area contributed by atoms with Crippen LogP contribution in [0.15, 0.2) is 71.3 Å². The van der Waals surface area contributed by atoms with Gasteiger partial charge in [-0.15, -0.1) is 0 Å². The lowest BCUT2D eigenvalue weighted by Crippen LogP contribution is -1.95. The molecule has 0 radical (unpaired) electrons. The summed E-state index contributed by atoms with van der Waals surface area (Å²) in [6, 6.07) is 22.5. The van der Waals surface area contributed by atoms with E-state index in [0.717, 1.165) is 40.0 Å². The van der Waals surface area contributed by atoms with E-state index in [1.807, 2.05) is 30.3 Å². The van der Waals surface area contributed by atoms with Crippen LogP contribution in [0.5, 0.6) is 5.75 Å². The standard InChI is InChI=1S/C25H26N2O2/c1-3-4-8-18(2)25-26-24(27-29-25)22-12-11-21-16-23(14-13-20(21)15-22)28-17-19-9-6-5-7-10-19/h5-7,9-16,18H,3-4,8,17H2,1-2H3. The van der Waals surface area contributed by atoms with Crippen LogP contribution >= 0.6 is 0 Å². The number of aromatic nitrogens is 2. The molecule has 0 saturated heterocycles. The molecule has 0 aliphatic rings. The SMILES string of the molecule is CCCCC(C)c1nc(-c2ccc3cc(OCc4ccccc4)ccc3c2)no1. The van der Waals surface area contributed by atoms with Crippen molar-refractivity contribution >= 4 is 10.8 Å². The van der Waals surface area contributed by atoms with Gasteiger partial charge in [0.2, 0.25) is 11.7 Å². The molecule has 4 nitrogen and oxygen atoms in total. The number of hydrogen-bond donors (Lipinski definition) is 0. The molecular weight excluding hydrogens is 360 g/mol. The van der Waals surface area contributed by atoms with E-state index in [4.69, 9.17) is 9.26 Å². The summed E-state index contributed by atoms with van der Waals surface area (Å²) >= 11 is 0. The van der Waals surface area contributed by atoms with Crippen LogP contribution in [0, 0.1) is 0 Å². The Morgan fingerprint density at radius 2 is 1.76 bits per heavy atom. The van der Waals surface area contributed by atoms with Crippen molar-refractivity contribution in [2.75, 3.05) is 0 Å². The van der Waals surface area contributed by atoms with Gasteiger partial charge in [-0.25, -0.2) is 0 Å². The molecule has 1 aromatic heterocycles. The van der Waals surface area contributed by atoms with Gasteiger partial charge in [-0.3, -0.25) is 0 Å². The Labute approximate surface area is 171 Å². The minimum absolute atomic E-state index is 0.293. The van der Waals surface area contributed by atoms with Gasteiger partial charge in [0.25, 0.3) is 0 Å². The zero-order valence-corrected chi connectivity index (χ0v) is 17.0. The Hall–Kier alpha value is -3.14. The highest BCUT2D eigenvalue weighted by atomic mass is 16.5. The lowest BCUT2D eigenvalue weighted by Gasteiger charge is -2.08. The monoisotopic (exact) mass is 386 g/mol. The number of ether oxygens (including phenoxy) is 1. The average molecular weight is 386 g/mol. The normalized spacial score (nSPS) is 12.2. The fourth-order valence-corrected chi connectivity index (χ4v) is 3.38. The number of fused-ring (bicyclic) bond motifs is 1. The van der Waals surface area contributed by atoms with Gasteiger partial charge in [0, 0.05) is 11.5 Å². The van der Waals surface area contributed by atoms with Gasteiger partial charge in [-0.05, 0) is 41.0 Å². The van der Waals surface area contributed by atoms with E-state index in [0.29, 0.717) is 18.3 Å². The molecule has 1 heterocycles. The van der Waals surface area contributed by atoms with Gasteiger partial charge in [0.15, 0.2) is 0 Å². The molecule has 4 heteroatoms. The third-order valence-electron chi connectivity index (χ3n) is 5.17. The Morgan fingerprint density at radius 3 is 2.59 bits per heavy atom. The molecule has 0 amide bonds. The van der Waals surface area contributed by atoms with Crippen molar-refractivity contribution in [3.05, 3.63) is 78.2 Å². The Kier molecular flexibility index (Phi) is 5.89. The van der Waals surface area contributed by atoms with Gasteiger partial charge in [-0.2, -0.15) is 4.98 Å². The second kappa shape index (κ2) is 8.91. The summed E-state index contributed by atoms with van der Waals surface area (Å²) in [6.45, 7) is 4.90. The Morgan fingerprint density at radius 1 is 0.966 bits per heavy atom. The summed E-state index contributed by atoms with van der Waals surface area (Å²) < 4.78 is 11.4. The predicted molar refractivity (Wildman–Crippen MR) is 116 cm³/mol. The molecule has 0 fully saturated rings. The Bertz CT molecular complexity index is 1070. The first kappa shape index (κ1) is 19.2. The molecule has 0 aliphatic carbocycles. The number of rotatable bonds is 8. The zero-order valence-electron chi connectivity index (χ0n) is 17.0. The van der Waals surface area contributed by atoms with E-state index < -0.39 is 0 Å². The Balaban J connectivity index is 1.49. The molecule has 4 aromatic rings. The minimum atomic E-state index is 0.293. The summed E-state index contributed by atoms with van der Waals surface area (Å²) in [6.07, 6.45) is 3.41. The van der Waals surface area contributed by atoms with Crippen LogP contribution in [0.1, 0.15) is 50.5 Å². The third kappa shape index (κ3) is 4.65. The molecular formula is C25H26N2O2. The summed E-state index contributed by atoms with van der Waals surface area (Å²) in [5, 5.41) is 6.44. The molecule has 0 spiro atoms. The van der Waals surface area contributed by atoms with Crippen LogP contribution in [0.4, 0.5) is 0 Å². The van der Waals surface area contributed by atoms with Crippen LogP contribution in [-0.4, -0.2) is 10.1 Å². The van der Waals surface area contributed by atoms with Crippen LogP contribution < -0.4 is 4.74 Å². The number of unbranched alkanes of at least 4 members (excludes halogenated alkanes) is 1. The van der Waals surface area contributed by atoms with Crippen LogP contribution in [-0.2, 0) is 6.61 Å². The van der Waals surface area contributed by atoms with Crippen molar-refractivity contribution in [2.24, 2.45) is 0 Å². The van der Waals surface area contributed by atoms with Gasteiger partial charge in [0.1, 0.15) is 12.4 Å². The lowest BCUT2D eigenvalue weighted by molar-refractivity contribution is 0.306. The highest BCUT2D eigenvalue weighted by Gasteiger charge is 2.15. The highest BCUT2D eigenvalue weighted by molar-refractivity contribution is 5.87. The summed E-state index contributed by atoms with van der Waals surface area (Å²) in [4.78, 5) is 4.62. The van der Waals surface area contributed by atoms with Crippen LogP contribution in [0.3, 0.4) is 0 Å². The fraction of sp³-hybridized carbons (Fsp3) is 0.280. The van der Waals surface area contributed by atoms with Gasteiger partial charge >= 0.3 is 0 Å². The fourth-order valence-electron chi connectivity index (χ4n) is 3.38. The van der Waals surface area contributed by atoms with Gasteiger partial charge in [0.05, 0.1) is 0 Å². The summed E-state index contributed by atoms with van der Waals surface area (Å²) in [5.41, 5.74) is 2.12. The van der Waals surface area contributed by atoms with E-state index in [2.05, 4.69) is 60.4 Å². The van der Waals surface area contributed by atoms with Crippen molar-refractivity contribution in [3.8, 4) is 17.1 Å². The molecule has 0 aliphatic heterocycles. The predicted octanol–water partition coefficient (Wildman–Crippen LogP) is 6.76. The van der Waals surface area contributed by atoms with Crippen LogP contribution in [0.2, 0.25) is 0 Å². The van der Waals surface area contributed by atoms with Crippen molar-refractivity contribution < 1.29 is 9.26 Å². The third-order valence-corrected chi connectivity index (χ3v) is 5.17. The van der Waals surface area contributed by atoms with Gasteiger partial charge in [-0.1, -0.05) is 80.4 Å².